The third kappa shape index (κ3) is 3.29. The van der Waals surface area contributed by atoms with Gasteiger partial charge < -0.3 is 10.2 Å². The molecule has 2 rings (SSSR count). The molecule has 0 aromatic carbocycles. The zero-order valence-corrected chi connectivity index (χ0v) is 12.7. The minimum Gasteiger partial charge on any atom is -0.339 e. The predicted octanol–water partition coefficient (Wildman–Crippen LogP) is 1.32. The second-order valence-corrected chi connectivity index (χ2v) is 6.10. The number of nitrogens with zero attached hydrogens (tertiary/aromatic N) is 2. The molecule has 2 heterocycles. The number of carbonyl (C=O) groups excluding carboxylic acids is 1. The van der Waals surface area contributed by atoms with Crippen molar-refractivity contribution in [2.24, 2.45) is 5.92 Å². The first-order valence-electron chi connectivity index (χ1n) is 7.90. The summed E-state index contributed by atoms with van der Waals surface area (Å²) in [5, 5.41) is 3.31. The van der Waals surface area contributed by atoms with Crippen molar-refractivity contribution in [3.8, 4) is 0 Å². The van der Waals surface area contributed by atoms with Gasteiger partial charge in [0.25, 0.3) is 0 Å². The molecule has 1 N–H and O–H groups in total. The van der Waals surface area contributed by atoms with Crippen molar-refractivity contribution >= 4 is 5.91 Å². The molecule has 0 radical (unpaired) electrons. The van der Waals surface area contributed by atoms with E-state index in [4.69, 9.17) is 0 Å². The van der Waals surface area contributed by atoms with Gasteiger partial charge in [-0.3, -0.25) is 9.69 Å². The van der Waals surface area contributed by atoms with E-state index in [9.17, 15) is 4.79 Å². The van der Waals surface area contributed by atoms with Crippen molar-refractivity contribution in [3.05, 3.63) is 0 Å². The average Bonchev–Trinajstić information content (AvgIpc) is 2.95. The zero-order chi connectivity index (χ0) is 13.8. The molecule has 2 aliphatic heterocycles. The summed E-state index contributed by atoms with van der Waals surface area (Å²) >= 11 is 0. The van der Waals surface area contributed by atoms with Crippen LogP contribution < -0.4 is 5.32 Å². The van der Waals surface area contributed by atoms with Crippen LogP contribution in [0.15, 0.2) is 0 Å². The van der Waals surface area contributed by atoms with Crippen LogP contribution in [0.3, 0.4) is 0 Å². The topological polar surface area (TPSA) is 35.6 Å². The van der Waals surface area contributed by atoms with Gasteiger partial charge in [-0.05, 0) is 32.2 Å². The second-order valence-electron chi connectivity index (χ2n) is 6.10. The maximum atomic E-state index is 12.7. The molecule has 2 fully saturated rings. The lowest BCUT2D eigenvalue weighted by Gasteiger charge is -2.37. The fourth-order valence-corrected chi connectivity index (χ4v) is 3.31. The van der Waals surface area contributed by atoms with Crippen LogP contribution in [0.25, 0.3) is 0 Å². The molecule has 0 aromatic rings. The Morgan fingerprint density at radius 3 is 2.58 bits per heavy atom. The molecule has 3 atom stereocenters. The lowest BCUT2D eigenvalue weighted by molar-refractivity contribution is -0.137. The standard InChI is InChI=1S/C15H29N3O/c1-4-12(2)13(3)18-9-5-6-14(18)15(19)17-10-7-16-8-11-17/h12-14,16H,4-11H2,1-3H3. The van der Waals surface area contributed by atoms with Crippen LogP contribution in [0.1, 0.15) is 40.0 Å². The molecule has 0 aliphatic carbocycles. The van der Waals surface area contributed by atoms with Gasteiger partial charge in [-0.15, -0.1) is 0 Å². The highest BCUT2D eigenvalue weighted by Gasteiger charge is 2.37. The van der Waals surface area contributed by atoms with Gasteiger partial charge in [-0.25, -0.2) is 0 Å². The third-order valence-corrected chi connectivity index (χ3v) is 5.00. The summed E-state index contributed by atoms with van der Waals surface area (Å²) in [7, 11) is 0. The number of rotatable bonds is 4. The number of hydrogen-bond donors (Lipinski definition) is 1. The predicted molar refractivity (Wildman–Crippen MR) is 78.1 cm³/mol. The normalized spacial score (nSPS) is 28.4. The first-order valence-corrected chi connectivity index (χ1v) is 7.90. The fraction of sp³-hybridized carbons (Fsp3) is 0.933. The number of amides is 1. The average molecular weight is 267 g/mol. The first-order chi connectivity index (χ1) is 9.15. The van der Waals surface area contributed by atoms with Gasteiger partial charge in [0, 0.05) is 32.2 Å². The molecule has 0 aromatic heterocycles. The van der Waals surface area contributed by atoms with E-state index in [0.717, 1.165) is 39.1 Å². The highest BCUT2D eigenvalue weighted by molar-refractivity contribution is 5.82. The number of likely N-dealkylation sites (tertiary alicyclic amines) is 1. The summed E-state index contributed by atoms with van der Waals surface area (Å²) in [4.78, 5) is 17.2. The van der Waals surface area contributed by atoms with Gasteiger partial charge >= 0.3 is 0 Å². The van der Waals surface area contributed by atoms with Crippen LogP contribution in [0.4, 0.5) is 0 Å². The fourth-order valence-electron chi connectivity index (χ4n) is 3.31. The van der Waals surface area contributed by atoms with Crippen LogP contribution in [0.2, 0.25) is 0 Å². The molecule has 0 saturated carbocycles. The van der Waals surface area contributed by atoms with E-state index >= 15 is 0 Å². The highest BCUT2D eigenvalue weighted by Crippen LogP contribution is 2.26. The Labute approximate surface area is 117 Å². The van der Waals surface area contributed by atoms with Crippen molar-refractivity contribution in [1.29, 1.82) is 0 Å². The van der Waals surface area contributed by atoms with Crippen molar-refractivity contribution < 1.29 is 4.79 Å². The van der Waals surface area contributed by atoms with E-state index in [0.29, 0.717) is 17.9 Å². The summed E-state index contributed by atoms with van der Waals surface area (Å²) in [5.41, 5.74) is 0. The summed E-state index contributed by atoms with van der Waals surface area (Å²) in [6, 6.07) is 0.659. The van der Waals surface area contributed by atoms with Crippen LogP contribution in [0.5, 0.6) is 0 Å². The number of nitrogens with one attached hydrogen (secondary N) is 1. The van der Waals surface area contributed by atoms with E-state index in [1.54, 1.807) is 0 Å². The van der Waals surface area contributed by atoms with E-state index in [1.165, 1.54) is 12.8 Å². The van der Waals surface area contributed by atoms with Gasteiger partial charge in [0.15, 0.2) is 0 Å². The molecular formula is C15H29N3O. The van der Waals surface area contributed by atoms with Gasteiger partial charge in [-0.1, -0.05) is 20.3 Å². The molecule has 4 nitrogen and oxygen atoms in total. The number of piperazine rings is 1. The SMILES string of the molecule is CCC(C)C(C)N1CCCC1C(=O)N1CCNCC1. The minimum atomic E-state index is 0.141. The quantitative estimate of drug-likeness (QED) is 0.834. The monoisotopic (exact) mass is 267 g/mol. The molecule has 2 aliphatic rings. The molecule has 110 valence electrons. The Hall–Kier alpha value is -0.610. The second kappa shape index (κ2) is 6.71. The van der Waals surface area contributed by atoms with Gasteiger partial charge in [-0.2, -0.15) is 0 Å². The van der Waals surface area contributed by atoms with Crippen LogP contribution in [-0.4, -0.2) is 60.5 Å². The third-order valence-electron chi connectivity index (χ3n) is 5.00. The summed E-state index contributed by atoms with van der Waals surface area (Å²) in [6.07, 6.45) is 3.40. The molecule has 4 heteroatoms. The van der Waals surface area contributed by atoms with Crippen LogP contribution in [0, 0.1) is 5.92 Å². The minimum absolute atomic E-state index is 0.141. The largest absolute Gasteiger partial charge is 0.339 e. The summed E-state index contributed by atoms with van der Waals surface area (Å²) in [6.45, 7) is 11.6. The lowest BCUT2D eigenvalue weighted by Crippen LogP contribution is -2.54. The molecule has 19 heavy (non-hydrogen) atoms. The molecule has 3 unspecified atom stereocenters. The number of hydrogen-bond acceptors (Lipinski definition) is 3. The Morgan fingerprint density at radius 2 is 1.95 bits per heavy atom. The van der Waals surface area contributed by atoms with Gasteiger partial charge in [0.1, 0.15) is 0 Å². The number of carbonyl (C=O) groups is 1. The van der Waals surface area contributed by atoms with Crippen molar-refractivity contribution in [3.63, 3.8) is 0 Å². The van der Waals surface area contributed by atoms with E-state index in [2.05, 4.69) is 35.9 Å². The molecule has 2 saturated heterocycles. The molecular weight excluding hydrogens is 238 g/mol. The Bertz CT molecular complexity index is 302. The van der Waals surface area contributed by atoms with E-state index in [-0.39, 0.29) is 6.04 Å². The van der Waals surface area contributed by atoms with Gasteiger partial charge in [0.05, 0.1) is 6.04 Å². The maximum absolute atomic E-state index is 12.7. The molecule has 0 bridgehead atoms. The zero-order valence-electron chi connectivity index (χ0n) is 12.7. The van der Waals surface area contributed by atoms with E-state index in [1.807, 2.05) is 0 Å². The summed E-state index contributed by atoms with van der Waals surface area (Å²) < 4.78 is 0. The van der Waals surface area contributed by atoms with Crippen molar-refractivity contribution in [2.45, 2.75) is 52.1 Å². The maximum Gasteiger partial charge on any atom is 0.240 e. The van der Waals surface area contributed by atoms with E-state index < -0.39 is 0 Å². The van der Waals surface area contributed by atoms with Gasteiger partial charge in [0.2, 0.25) is 5.91 Å². The summed E-state index contributed by atoms with van der Waals surface area (Å²) in [5.74, 6) is 1.03. The Morgan fingerprint density at radius 1 is 1.26 bits per heavy atom. The Balaban J connectivity index is 1.99. The van der Waals surface area contributed by atoms with Crippen molar-refractivity contribution in [2.75, 3.05) is 32.7 Å². The smallest absolute Gasteiger partial charge is 0.240 e. The molecule has 1 amide bonds. The lowest BCUT2D eigenvalue weighted by atomic mass is 9.98. The molecule has 0 spiro atoms. The Kier molecular flexibility index (Phi) is 5.22. The first kappa shape index (κ1) is 14.8. The van der Waals surface area contributed by atoms with Crippen LogP contribution >= 0.6 is 0 Å². The van der Waals surface area contributed by atoms with Crippen molar-refractivity contribution in [1.82, 2.24) is 15.1 Å². The highest BCUT2D eigenvalue weighted by atomic mass is 16.2. The van der Waals surface area contributed by atoms with Crippen LogP contribution in [-0.2, 0) is 4.79 Å².